The van der Waals surface area contributed by atoms with Crippen molar-refractivity contribution in [3.63, 3.8) is 0 Å². The lowest BCUT2D eigenvalue weighted by molar-refractivity contribution is 0.561. The van der Waals surface area contributed by atoms with Gasteiger partial charge in [-0.2, -0.15) is 15.3 Å². The molecule has 0 atom stereocenters. The summed E-state index contributed by atoms with van der Waals surface area (Å²) in [6, 6.07) is 2.01. The molecule has 9 heteroatoms. The molecule has 0 unspecified atom stereocenters. The van der Waals surface area contributed by atoms with Crippen LogP contribution in [-0.4, -0.2) is 41.0 Å². The molecular formula is C18H26N8S. The van der Waals surface area contributed by atoms with E-state index in [0.717, 1.165) is 31.7 Å². The fourth-order valence-electron chi connectivity index (χ4n) is 2.89. The summed E-state index contributed by atoms with van der Waals surface area (Å²) in [5.41, 5.74) is 4.38. The summed E-state index contributed by atoms with van der Waals surface area (Å²) in [7, 11) is 0. The van der Waals surface area contributed by atoms with Crippen LogP contribution in [0, 0.1) is 13.8 Å². The van der Waals surface area contributed by atoms with Crippen LogP contribution in [0.1, 0.15) is 30.3 Å². The van der Waals surface area contributed by atoms with Crippen LogP contribution in [-0.2, 0) is 19.6 Å². The van der Waals surface area contributed by atoms with Gasteiger partial charge in [-0.05, 0) is 45.5 Å². The third kappa shape index (κ3) is 4.94. The Bertz CT molecular complexity index is 891. The highest BCUT2D eigenvalue weighted by Gasteiger charge is 2.07. The normalized spacial score (nSPS) is 10.9. The van der Waals surface area contributed by atoms with Gasteiger partial charge in [0.25, 0.3) is 0 Å². The van der Waals surface area contributed by atoms with Gasteiger partial charge < -0.3 is 10.6 Å². The lowest BCUT2D eigenvalue weighted by Crippen LogP contribution is -2.29. The standard InChI is InChI=1S/C18H26N8S/c1-4-25-15(3)16(10-22-25)12-24-13-17(11-21-24)23-18(27)19-7-5-9-26-14(2)6-8-20-26/h6,8,10-11,13H,4-5,7,9,12H2,1-3H3,(H2,19,23,27). The molecule has 3 aromatic rings. The predicted molar refractivity (Wildman–Crippen MR) is 110 cm³/mol. The monoisotopic (exact) mass is 386 g/mol. The summed E-state index contributed by atoms with van der Waals surface area (Å²) in [5.74, 6) is 0. The summed E-state index contributed by atoms with van der Waals surface area (Å²) in [5, 5.41) is 20.0. The molecule has 0 aliphatic carbocycles. The van der Waals surface area contributed by atoms with Crippen molar-refractivity contribution in [1.82, 2.24) is 34.7 Å². The van der Waals surface area contributed by atoms with Crippen molar-refractivity contribution in [2.45, 2.75) is 46.8 Å². The van der Waals surface area contributed by atoms with Gasteiger partial charge in [-0.1, -0.05) is 0 Å². The maximum Gasteiger partial charge on any atom is 0.170 e. The Labute approximate surface area is 164 Å². The SMILES string of the molecule is CCn1ncc(Cn2cc(NC(=S)NCCCn3nccc3C)cn2)c1C. The van der Waals surface area contributed by atoms with Gasteiger partial charge in [-0.15, -0.1) is 0 Å². The smallest absolute Gasteiger partial charge is 0.170 e. The van der Waals surface area contributed by atoms with E-state index in [9.17, 15) is 0 Å². The van der Waals surface area contributed by atoms with Crippen LogP contribution in [0.15, 0.2) is 30.9 Å². The number of rotatable bonds is 8. The minimum absolute atomic E-state index is 0.599. The van der Waals surface area contributed by atoms with E-state index in [-0.39, 0.29) is 0 Å². The molecule has 3 aromatic heterocycles. The van der Waals surface area contributed by atoms with Crippen LogP contribution >= 0.6 is 12.2 Å². The number of aryl methyl sites for hydroxylation is 3. The van der Waals surface area contributed by atoms with Gasteiger partial charge in [-0.25, -0.2) is 0 Å². The van der Waals surface area contributed by atoms with Gasteiger partial charge >= 0.3 is 0 Å². The largest absolute Gasteiger partial charge is 0.362 e. The van der Waals surface area contributed by atoms with E-state index in [1.807, 2.05) is 38.7 Å². The first-order valence-electron chi connectivity index (χ1n) is 9.14. The summed E-state index contributed by atoms with van der Waals surface area (Å²) in [4.78, 5) is 0. The average molecular weight is 387 g/mol. The molecule has 2 N–H and O–H groups in total. The Balaban J connectivity index is 1.43. The number of nitrogens with one attached hydrogen (secondary N) is 2. The maximum atomic E-state index is 5.36. The van der Waals surface area contributed by atoms with E-state index in [4.69, 9.17) is 12.2 Å². The maximum absolute atomic E-state index is 5.36. The quantitative estimate of drug-likeness (QED) is 0.457. The molecule has 0 fully saturated rings. The number of hydrogen-bond acceptors (Lipinski definition) is 4. The molecule has 3 rings (SSSR count). The van der Waals surface area contributed by atoms with E-state index in [0.29, 0.717) is 11.7 Å². The Morgan fingerprint density at radius 3 is 2.70 bits per heavy atom. The summed E-state index contributed by atoms with van der Waals surface area (Å²) < 4.78 is 5.86. The lowest BCUT2D eigenvalue weighted by atomic mass is 10.2. The Kier molecular flexibility index (Phi) is 6.23. The Morgan fingerprint density at radius 1 is 1.15 bits per heavy atom. The number of hydrogen-bond donors (Lipinski definition) is 2. The summed E-state index contributed by atoms with van der Waals surface area (Å²) in [6.45, 7) is 9.45. The second-order valence-electron chi connectivity index (χ2n) is 6.43. The Morgan fingerprint density at radius 2 is 2.00 bits per heavy atom. The van der Waals surface area contributed by atoms with Crippen molar-refractivity contribution < 1.29 is 0 Å². The number of nitrogens with zero attached hydrogens (tertiary/aromatic N) is 6. The van der Waals surface area contributed by atoms with Gasteiger partial charge in [0, 0.05) is 49.0 Å². The molecular weight excluding hydrogens is 360 g/mol. The molecule has 0 aliphatic heterocycles. The third-order valence-corrected chi connectivity index (χ3v) is 4.74. The lowest BCUT2D eigenvalue weighted by Gasteiger charge is -2.09. The van der Waals surface area contributed by atoms with E-state index < -0.39 is 0 Å². The molecule has 27 heavy (non-hydrogen) atoms. The van der Waals surface area contributed by atoms with Crippen molar-refractivity contribution in [3.8, 4) is 0 Å². The molecule has 0 aliphatic rings. The van der Waals surface area contributed by atoms with Crippen molar-refractivity contribution >= 4 is 23.0 Å². The van der Waals surface area contributed by atoms with Crippen LogP contribution in [0.25, 0.3) is 0 Å². The first-order valence-corrected chi connectivity index (χ1v) is 9.54. The zero-order valence-corrected chi connectivity index (χ0v) is 16.8. The predicted octanol–water partition coefficient (Wildman–Crippen LogP) is 2.34. The van der Waals surface area contributed by atoms with E-state index in [2.05, 4.69) is 46.7 Å². The fraction of sp³-hybridized carbons (Fsp3) is 0.444. The summed E-state index contributed by atoms with van der Waals surface area (Å²) in [6.07, 6.45) is 8.40. The molecule has 0 saturated carbocycles. The highest BCUT2D eigenvalue weighted by molar-refractivity contribution is 7.80. The van der Waals surface area contributed by atoms with Gasteiger partial charge in [0.15, 0.2) is 5.11 Å². The first kappa shape index (κ1) is 19.1. The van der Waals surface area contributed by atoms with Crippen molar-refractivity contribution in [3.05, 3.63) is 47.8 Å². The number of thiocarbonyl (C=S) groups is 1. The van der Waals surface area contributed by atoms with E-state index in [1.165, 1.54) is 17.0 Å². The first-order chi connectivity index (χ1) is 13.1. The second kappa shape index (κ2) is 8.81. The van der Waals surface area contributed by atoms with Crippen LogP contribution in [0.3, 0.4) is 0 Å². The molecule has 0 aromatic carbocycles. The minimum Gasteiger partial charge on any atom is -0.362 e. The molecule has 144 valence electrons. The number of anilines is 1. The van der Waals surface area contributed by atoms with Crippen LogP contribution in [0.2, 0.25) is 0 Å². The van der Waals surface area contributed by atoms with Crippen LogP contribution in [0.5, 0.6) is 0 Å². The zero-order chi connectivity index (χ0) is 19.2. The minimum atomic E-state index is 0.599. The van der Waals surface area contributed by atoms with E-state index >= 15 is 0 Å². The molecule has 3 heterocycles. The molecule has 0 bridgehead atoms. The topological polar surface area (TPSA) is 77.5 Å². The fourth-order valence-corrected chi connectivity index (χ4v) is 3.11. The Hall–Kier alpha value is -2.68. The van der Waals surface area contributed by atoms with Crippen LogP contribution in [0.4, 0.5) is 5.69 Å². The average Bonchev–Trinajstić information content (AvgIpc) is 3.35. The van der Waals surface area contributed by atoms with E-state index in [1.54, 1.807) is 6.20 Å². The second-order valence-corrected chi connectivity index (χ2v) is 6.84. The van der Waals surface area contributed by atoms with Crippen molar-refractivity contribution in [1.29, 1.82) is 0 Å². The van der Waals surface area contributed by atoms with Gasteiger partial charge in [0.2, 0.25) is 0 Å². The van der Waals surface area contributed by atoms with Gasteiger partial charge in [0.05, 0.1) is 24.6 Å². The van der Waals surface area contributed by atoms with Gasteiger partial charge in [0.1, 0.15) is 0 Å². The molecule has 0 amide bonds. The van der Waals surface area contributed by atoms with Gasteiger partial charge in [-0.3, -0.25) is 14.0 Å². The molecule has 0 spiro atoms. The summed E-state index contributed by atoms with van der Waals surface area (Å²) >= 11 is 5.36. The number of aromatic nitrogens is 6. The van der Waals surface area contributed by atoms with Crippen molar-refractivity contribution in [2.75, 3.05) is 11.9 Å². The zero-order valence-electron chi connectivity index (χ0n) is 16.0. The molecule has 0 radical (unpaired) electrons. The highest BCUT2D eigenvalue weighted by Crippen LogP contribution is 2.11. The molecule has 0 saturated heterocycles. The third-order valence-electron chi connectivity index (χ3n) is 4.49. The highest BCUT2D eigenvalue weighted by atomic mass is 32.1. The molecule has 8 nitrogen and oxygen atoms in total. The van der Waals surface area contributed by atoms with Crippen LogP contribution < -0.4 is 10.6 Å². The van der Waals surface area contributed by atoms with Crippen molar-refractivity contribution in [2.24, 2.45) is 0 Å².